The van der Waals surface area contributed by atoms with Gasteiger partial charge in [-0.05, 0) is 49.7 Å². The van der Waals surface area contributed by atoms with E-state index < -0.39 is 0 Å². The molecule has 0 fully saturated rings. The van der Waals surface area contributed by atoms with Gasteiger partial charge < -0.3 is 9.47 Å². The van der Waals surface area contributed by atoms with Crippen LogP contribution in [0.15, 0.2) is 12.1 Å². The standard InChI is InChI=1S/C39H51FO3S4/c1-14-36(7,8)24-19-22-28(42-12)32-23(29(43-13)31(22)44-24)20-25(45-32)38(11,16-3)39(17-4,18-5)34-26-27(40)30(21(6)41)46-33(26)35(47-34)37(9,10)15-2/h19-20H,14-18H2,1-13H3. The molecule has 8 heteroatoms. The summed E-state index contributed by atoms with van der Waals surface area (Å²) in [6.07, 6.45) is 4.52. The van der Waals surface area contributed by atoms with E-state index in [4.69, 9.17) is 9.47 Å². The van der Waals surface area contributed by atoms with Crippen molar-refractivity contribution in [2.75, 3.05) is 14.2 Å². The number of fused-ring (bicyclic) bond motifs is 3. The van der Waals surface area contributed by atoms with E-state index in [0.717, 1.165) is 73.4 Å². The molecular formula is C39H51FO3S4. The molecule has 5 aromatic rings. The van der Waals surface area contributed by atoms with Crippen molar-refractivity contribution in [3.8, 4) is 11.5 Å². The number of ketones is 1. The van der Waals surface area contributed by atoms with Crippen LogP contribution in [0.25, 0.3) is 30.3 Å². The third-order valence-electron chi connectivity index (χ3n) is 11.6. The fraction of sp³-hybridized carbons (Fsp3) is 0.564. The monoisotopic (exact) mass is 714 g/mol. The number of hydrogen-bond donors (Lipinski definition) is 0. The summed E-state index contributed by atoms with van der Waals surface area (Å²) in [6.45, 7) is 24.1. The Morgan fingerprint density at radius 2 is 1.19 bits per heavy atom. The smallest absolute Gasteiger partial charge is 0.172 e. The normalized spacial score (nSPS) is 14.4. The molecule has 0 saturated heterocycles. The predicted molar refractivity (Wildman–Crippen MR) is 207 cm³/mol. The Kier molecular flexibility index (Phi) is 9.81. The second-order valence-corrected chi connectivity index (χ2v) is 18.6. The highest BCUT2D eigenvalue weighted by atomic mass is 32.1. The highest BCUT2D eigenvalue weighted by molar-refractivity contribution is 7.26. The maximum atomic E-state index is 16.5. The summed E-state index contributed by atoms with van der Waals surface area (Å²) in [6, 6.07) is 4.64. The molecule has 0 radical (unpaired) electrons. The van der Waals surface area contributed by atoms with Gasteiger partial charge in [-0.15, -0.1) is 45.3 Å². The topological polar surface area (TPSA) is 35.5 Å². The number of methoxy groups -OCH3 is 2. The van der Waals surface area contributed by atoms with Crippen molar-refractivity contribution in [3.05, 3.63) is 42.3 Å². The van der Waals surface area contributed by atoms with E-state index in [1.54, 1.807) is 48.2 Å². The number of rotatable bonds is 13. The molecule has 1 atom stereocenters. The van der Waals surface area contributed by atoms with Crippen molar-refractivity contribution in [1.82, 2.24) is 0 Å². The third kappa shape index (κ3) is 5.21. The largest absolute Gasteiger partial charge is 0.495 e. The van der Waals surface area contributed by atoms with Crippen LogP contribution in [0.3, 0.4) is 0 Å². The van der Waals surface area contributed by atoms with Crippen LogP contribution in [-0.2, 0) is 21.7 Å². The Labute approximate surface area is 296 Å². The highest BCUT2D eigenvalue weighted by Gasteiger charge is 2.51. The van der Waals surface area contributed by atoms with Gasteiger partial charge in [-0.25, -0.2) is 4.39 Å². The fourth-order valence-electron chi connectivity index (χ4n) is 7.38. The predicted octanol–water partition coefficient (Wildman–Crippen LogP) is 13.6. The SMILES string of the molecule is CCC(C)(C)c1cc2c(OC)c3sc(C(C)(CC)C(CC)(CC)c4sc(C(C)(C)CC)c5sc(C(C)=O)c(F)c45)cc3c(OC)c2s1. The van der Waals surface area contributed by atoms with E-state index in [0.29, 0.717) is 5.39 Å². The van der Waals surface area contributed by atoms with E-state index in [2.05, 4.69) is 81.4 Å². The van der Waals surface area contributed by atoms with Crippen molar-refractivity contribution in [2.45, 2.75) is 130 Å². The van der Waals surface area contributed by atoms with Crippen LogP contribution in [0.2, 0.25) is 0 Å². The van der Waals surface area contributed by atoms with Crippen LogP contribution in [0.5, 0.6) is 11.5 Å². The molecule has 0 aliphatic carbocycles. The van der Waals surface area contributed by atoms with Crippen molar-refractivity contribution in [2.24, 2.45) is 0 Å². The number of thiophene rings is 4. The zero-order chi connectivity index (χ0) is 34.9. The number of halogens is 1. The Balaban J connectivity index is 1.85. The van der Waals surface area contributed by atoms with Crippen molar-refractivity contribution >= 4 is 81.4 Å². The first-order valence-electron chi connectivity index (χ1n) is 17.0. The summed E-state index contributed by atoms with van der Waals surface area (Å²) in [5, 5.41) is 2.85. The Hall–Kier alpha value is -2.00. The van der Waals surface area contributed by atoms with Gasteiger partial charge in [-0.3, -0.25) is 4.79 Å². The fourth-order valence-corrected chi connectivity index (χ4v) is 13.6. The van der Waals surface area contributed by atoms with Crippen LogP contribution >= 0.6 is 45.3 Å². The first kappa shape index (κ1) is 36.3. The molecule has 0 aliphatic heterocycles. The van der Waals surface area contributed by atoms with Gasteiger partial charge in [0, 0.05) is 58.8 Å². The quantitative estimate of drug-likeness (QED) is 0.114. The average molecular weight is 715 g/mol. The minimum Gasteiger partial charge on any atom is -0.495 e. The molecule has 256 valence electrons. The number of Topliss-reactive ketones (excluding diaryl/α,β-unsaturated/α-hetero) is 1. The molecule has 1 aromatic carbocycles. The van der Waals surface area contributed by atoms with Gasteiger partial charge in [0.1, 0.15) is 16.4 Å². The molecule has 3 nitrogen and oxygen atoms in total. The van der Waals surface area contributed by atoms with Crippen LogP contribution in [0.4, 0.5) is 4.39 Å². The maximum Gasteiger partial charge on any atom is 0.172 e. The van der Waals surface area contributed by atoms with Crippen molar-refractivity contribution in [1.29, 1.82) is 0 Å². The number of carbonyl (C=O) groups excluding carboxylic acids is 1. The zero-order valence-electron chi connectivity index (χ0n) is 30.4. The van der Waals surface area contributed by atoms with E-state index in [1.165, 1.54) is 32.9 Å². The molecular weight excluding hydrogens is 664 g/mol. The van der Waals surface area contributed by atoms with E-state index in [1.807, 2.05) is 0 Å². The van der Waals surface area contributed by atoms with Crippen LogP contribution in [-0.4, -0.2) is 20.0 Å². The maximum absolute atomic E-state index is 16.5. The van der Waals surface area contributed by atoms with E-state index in [-0.39, 0.29) is 38.1 Å². The molecule has 0 N–H and O–H groups in total. The molecule has 0 bridgehead atoms. The van der Waals surface area contributed by atoms with Gasteiger partial charge in [0.15, 0.2) is 11.6 Å². The average Bonchev–Trinajstić information content (AvgIpc) is 3.84. The molecule has 5 rings (SSSR count). The molecule has 0 spiro atoms. The number of carbonyl (C=O) groups is 1. The first-order chi connectivity index (χ1) is 22.1. The van der Waals surface area contributed by atoms with E-state index >= 15 is 4.39 Å². The second kappa shape index (κ2) is 12.7. The van der Waals surface area contributed by atoms with Gasteiger partial charge >= 0.3 is 0 Å². The van der Waals surface area contributed by atoms with Gasteiger partial charge in [0.2, 0.25) is 0 Å². The molecule has 1 unspecified atom stereocenters. The number of hydrogen-bond acceptors (Lipinski definition) is 7. The van der Waals surface area contributed by atoms with Crippen LogP contribution in [0.1, 0.15) is 137 Å². The van der Waals surface area contributed by atoms with Crippen molar-refractivity contribution in [3.63, 3.8) is 0 Å². The van der Waals surface area contributed by atoms with E-state index in [9.17, 15) is 4.79 Å². The molecule has 4 aromatic heterocycles. The lowest BCUT2D eigenvalue weighted by molar-refractivity contribution is 0.101. The number of benzene rings is 1. The van der Waals surface area contributed by atoms with Crippen LogP contribution < -0.4 is 9.47 Å². The Morgan fingerprint density at radius 3 is 1.64 bits per heavy atom. The summed E-state index contributed by atoms with van der Waals surface area (Å²) >= 11 is 6.74. The minimum atomic E-state index is -0.375. The minimum absolute atomic E-state index is 0.0529. The van der Waals surface area contributed by atoms with Gasteiger partial charge in [-0.1, -0.05) is 69.2 Å². The lowest BCUT2D eigenvalue weighted by Gasteiger charge is -2.48. The van der Waals surface area contributed by atoms with Gasteiger partial charge in [0.05, 0.1) is 28.3 Å². The summed E-state index contributed by atoms with van der Waals surface area (Å²) in [5.41, 5.74) is -0.802. The van der Waals surface area contributed by atoms with Crippen LogP contribution in [0, 0.1) is 5.82 Å². The summed E-state index contributed by atoms with van der Waals surface area (Å²) in [7, 11) is 3.55. The lowest BCUT2D eigenvalue weighted by Crippen LogP contribution is -2.45. The van der Waals surface area contributed by atoms with Gasteiger partial charge in [0.25, 0.3) is 0 Å². The molecule has 0 amide bonds. The molecule has 47 heavy (non-hydrogen) atoms. The van der Waals surface area contributed by atoms with Crippen molar-refractivity contribution < 1.29 is 18.7 Å². The molecule has 0 aliphatic rings. The number of ether oxygens (including phenoxy) is 2. The molecule has 4 heterocycles. The second-order valence-electron chi connectivity index (χ2n) is 14.5. The van der Waals surface area contributed by atoms with Gasteiger partial charge in [-0.2, -0.15) is 0 Å². The third-order valence-corrected chi connectivity index (χ3v) is 17.6. The molecule has 0 saturated carbocycles. The zero-order valence-corrected chi connectivity index (χ0v) is 33.7. The first-order valence-corrected chi connectivity index (χ1v) is 20.2. The summed E-state index contributed by atoms with van der Waals surface area (Å²) in [4.78, 5) is 17.8. The Morgan fingerprint density at radius 1 is 0.681 bits per heavy atom. The highest BCUT2D eigenvalue weighted by Crippen LogP contribution is 2.61. The summed E-state index contributed by atoms with van der Waals surface area (Å²) in [5.74, 6) is 1.27. The summed E-state index contributed by atoms with van der Waals surface area (Å²) < 4.78 is 32.1. The lowest BCUT2D eigenvalue weighted by atomic mass is 9.58. The Bertz CT molecular complexity index is 1900.